The Kier molecular flexibility index (Phi) is 6.54. The van der Waals surface area contributed by atoms with Crippen LogP contribution in [0.5, 0.6) is 0 Å². The van der Waals surface area contributed by atoms with Crippen LogP contribution >= 0.6 is 0 Å². The zero-order chi connectivity index (χ0) is 23.5. The number of aliphatic hydroxyl groups is 1. The number of piperidine rings is 1. The highest BCUT2D eigenvalue weighted by molar-refractivity contribution is 6.09. The van der Waals surface area contributed by atoms with Crippen molar-refractivity contribution in [1.82, 2.24) is 14.5 Å². The fourth-order valence-electron chi connectivity index (χ4n) is 4.54. The zero-order valence-electron chi connectivity index (χ0n) is 18.6. The number of benzene rings is 1. The zero-order valence-corrected chi connectivity index (χ0v) is 18.6. The van der Waals surface area contributed by atoms with E-state index in [1.165, 1.54) is 12.6 Å². The summed E-state index contributed by atoms with van der Waals surface area (Å²) in [6.07, 6.45) is 3.58. The van der Waals surface area contributed by atoms with Gasteiger partial charge in [0.05, 0.1) is 47.3 Å². The summed E-state index contributed by atoms with van der Waals surface area (Å²) in [7, 11) is 0. The fraction of sp³-hybridized carbons (Fsp3) is 0.360. The Morgan fingerprint density at radius 2 is 1.91 bits per heavy atom. The van der Waals surface area contributed by atoms with Crippen LogP contribution in [0.1, 0.15) is 59.0 Å². The average molecular weight is 446 g/mol. The first-order valence-electron chi connectivity index (χ1n) is 11.1. The molecule has 1 atom stereocenters. The molecule has 3 aromatic rings. The third-order valence-corrected chi connectivity index (χ3v) is 6.19. The Balaban J connectivity index is 1.83. The van der Waals surface area contributed by atoms with Gasteiger partial charge < -0.3 is 15.4 Å². The Morgan fingerprint density at radius 3 is 2.55 bits per heavy atom. The molecule has 3 N–H and O–H groups in total. The monoisotopic (exact) mass is 445 g/mol. The smallest absolute Gasteiger partial charge is 0.220 e. The third kappa shape index (κ3) is 4.65. The van der Waals surface area contributed by atoms with Crippen LogP contribution in [0.2, 0.25) is 0 Å². The van der Waals surface area contributed by atoms with Gasteiger partial charge in [-0.2, -0.15) is 5.26 Å². The lowest BCUT2D eigenvalue weighted by Crippen LogP contribution is -2.34. The van der Waals surface area contributed by atoms with Gasteiger partial charge in [-0.25, -0.2) is 0 Å². The van der Waals surface area contributed by atoms with E-state index in [1.807, 2.05) is 23.6 Å². The number of rotatable bonds is 7. The number of hydrogen-bond donors (Lipinski definition) is 2. The maximum Gasteiger partial charge on any atom is 0.220 e. The van der Waals surface area contributed by atoms with Gasteiger partial charge in [-0.1, -0.05) is 6.42 Å². The SMILES string of the molecule is Cc1c(C(=O)CN2CCCCC2)c2ncc(C(O)CC(N)=O)cc2n1-c1ccc(C#N)cc1. The van der Waals surface area contributed by atoms with E-state index in [1.54, 1.807) is 18.2 Å². The highest BCUT2D eigenvalue weighted by atomic mass is 16.3. The Bertz CT molecular complexity index is 1230. The molecule has 0 spiro atoms. The number of likely N-dealkylation sites (tertiary alicyclic amines) is 1. The lowest BCUT2D eigenvalue weighted by Gasteiger charge is -2.25. The summed E-state index contributed by atoms with van der Waals surface area (Å²) in [5, 5.41) is 19.6. The van der Waals surface area contributed by atoms with Crippen molar-refractivity contribution in [2.45, 2.75) is 38.7 Å². The second-order valence-corrected chi connectivity index (χ2v) is 8.54. The number of nitrogens with two attached hydrogens (primary N) is 1. The second-order valence-electron chi connectivity index (χ2n) is 8.54. The first-order valence-corrected chi connectivity index (χ1v) is 11.1. The van der Waals surface area contributed by atoms with E-state index in [2.05, 4.69) is 16.0 Å². The molecule has 8 nitrogen and oxygen atoms in total. The Hall–Kier alpha value is -3.54. The van der Waals surface area contributed by atoms with Crippen molar-refractivity contribution in [3.8, 4) is 11.8 Å². The predicted octanol–water partition coefficient (Wildman–Crippen LogP) is 2.78. The summed E-state index contributed by atoms with van der Waals surface area (Å²) in [6, 6.07) is 10.9. The molecule has 0 aliphatic carbocycles. The largest absolute Gasteiger partial charge is 0.388 e. The summed E-state index contributed by atoms with van der Waals surface area (Å²) in [6.45, 7) is 4.04. The number of Topliss-reactive ketones (excluding diaryl/α,β-unsaturated/α-hetero) is 1. The van der Waals surface area contributed by atoms with Crippen LogP contribution in [0.3, 0.4) is 0 Å². The van der Waals surface area contributed by atoms with Crippen LogP contribution < -0.4 is 5.73 Å². The standard InChI is InChI=1S/C25H27N5O3/c1-16-24(22(32)15-29-9-3-2-4-10-29)25-20(11-18(14-28-25)21(31)12-23(27)33)30(16)19-7-5-17(13-26)6-8-19/h5-8,11,14,21,31H,2-4,9-10,12,15H2,1H3,(H2,27,33). The van der Waals surface area contributed by atoms with E-state index in [4.69, 9.17) is 11.0 Å². The molecule has 1 aliphatic rings. The lowest BCUT2D eigenvalue weighted by atomic mass is 10.1. The molecule has 2 aromatic heterocycles. The molecule has 0 bridgehead atoms. The van der Waals surface area contributed by atoms with Gasteiger partial charge in [-0.3, -0.25) is 19.5 Å². The molecule has 0 saturated carbocycles. The molecule has 8 heteroatoms. The number of pyridine rings is 1. The van der Waals surface area contributed by atoms with Gasteiger partial charge in [0, 0.05) is 23.1 Å². The topological polar surface area (TPSA) is 125 Å². The molecule has 1 fully saturated rings. The van der Waals surface area contributed by atoms with Crippen LogP contribution in [0.25, 0.3) is 16.7 Å². The number of primary amides is 1. The van der Waals surface area contributed by atoms with Crippen molar-refractivity contribution in [1.29, 1.82) is 5.26 Å². The molecule has 170 valence electrons. The van der Waals surface area contributed by atoms with Crippen molar-refractivity contribution in [2.75, 3.05) is 19.6 Å². The number of carbonyl (C=O) groups excluding carboxylic acids is 2. The first-order chi connectivity index (χ1) is 15.9. The molecule has 0 radical (unpaired) electrons. The van der Waals surface area contributed by atoms with Gasteiger partial charge in [-0.05, 0) is 63.2 Å². The van der Waals surface area contributed by atoms with Crippen LogP contribution in [-0.4, -0.2) is 50.9 Å². The van der Waals surface area contributed by atoms with Gasteiger partial charge >= 0.3 is 0 Å². The molecule has 3 heterocycles. The normalized spacial score (nSPS) is 15.3. The first kappa shape index (κ1) is 22.6. The van der Waals surface area contributed by atoms with E-state index >= 15 is 0 Å². The number of aromatic nitrogens is 2. The number of hydrogen-bond acceptors (Lipinski definition) is 6. The second kappa shape index (κ2) is 9.53. The Morgan fingerprint density at radius 1 is 1.21 bits per heavy atom. The van der Waals surface area contributed by atoms with Gasteiger partial charge in [0.2, 0.25) is 5.91 Å². The summed E-state index contributed by atoms with van der Waals surface area (Å²) >= 11 is 0. The van der Waals surface area contributed by atoms with Crippen molar-refractivity contribution < 1.29 is 14.7 Å². The maximum absolute atomic E-state index is 13.4. The quantitative estimate of drug-likeness (QED) is 0.539. The van der Waals surface area contributed by atoms with Crippen LogP contribution in [0.4, 0.5) is 0 Å². The summed E-state index contributed by atoms with van der Waals surface area (Å²) in [5.41, 5.74) is 9.50. The fourth-order valence-corrected chi connectivity index (χ4v) is 4.54. The van der Waals surface area contributed by atoms with Crippen molar-refractivity contribution in [3.63, 3.8) is 0 Å². The average Bonchev–Trinajstić information content (AvgIpc) is 3.10. The van der Waals surface area contributed by atoms with Crippen LogP contribution in [0.15, 0.2) is 36.5 Å². The molecule has 1 amide bonds. The minimum Gasteiger partial charge on any atom is -0.388 e. The molecule has 1 saturated heterocycles. The van der Waals surface area contributed by atoms with Gasteiger partial charge in [-0.15, -0.1) is 0 Å². The molecule has 1 unspecified atom stereocenters. The number of fused-ring (bicyclic) bond motifs is 1. The summed E-state index contributed by atoms with van der Waals surface area (Å²) in [4.78, 5) is 31.4. The van der Waals surface area contributed by atoms with E-state index < -0.39 is 12.0 Å². The minimum atomic E-state index is -1.09. The number of nitriles is 1. The molecule has 1 aliphatic heterocycles. The van der Waals surface area contributed by atoms with Crippen molar-refractivity contribution in [2.24, 2.45) is 5.73 Å². The van der Waals surface area contributed by atoms with Crippen LogP contribution in [0, 0.1) is 18.3 Å². The summed E-state index contributed by atoms with van der Waals surface area (Å²) in [5.74, 6) is -0.608. The summed E-state index contributed by atoms with van der Waals surface area (Å²) < 4.78 is 1.91. The number of aliphatic hydroxyl groups excluding tert-OH is 1. The molecule has 33 heavy (non-hydrogen) atoms. The highest BCUT2D eigenvalue weighted by Crippen LogP contribution is 2.31. The minimum absolute atomic E-state index is 0.00438. The van der Waals surface area contributed by atoms with E-state index in [-0.39, 0.29) is 12.2 Å². The molecular weight excluding hydrogens is 418 g/mol. The van der Waals surface area contributed by atoms with Gasteiger partial charge in [0.1, 0.15) is 0 Å². The van der Waals surface area contributed by atoms with Crippen molar-refractivity contribution in [3.05, 3.63) is 58.9 Å². The molecule has 1 aromatic carbocycles. The number of nitrogens with zero attached hydrogens (tertiary/aromatic N) is 4. The Labute approximate surface area is 192 Å². The predicted molar refractivity (Wildman–Crippen MR) is 124 cm³/mol. The lowest BCUT2D eigenvalue weighted by molar-refractivity contribution is -0.119. The molecular formula is C25H27N5O3. The van der Waals surface area contributed by atoms with E-state index in [0.29, 0.717) is 34.3 Å². The van der Waals surface area contributed by atoms with E-state index in [9.17, 15) is 14.7 Å². The van der Waals surface area contributed by atoms with Gasteiger partial charge in [0.15, 0.2) is 5.78 Å². The van der Waals surface area contributed by atoms with Gasteiger partial charge in [0.25, 0.3) is 0 Å². The maximum atomic E-state index is 13.4. The number of amides is 1. The third-order valence-electron chi connectivity index (χ3n) is 6.19. The van der Waals surface area contributed by atoms with Crippen molar-refractivity contribution >= 4 is 22.7 Å². The number of ketones is 1. The van der Waals surface area contributed by atoms with E-state index in [0.717, 1.165) is 37.3 Å². The highest BCUT2D eigenvalue weighted by Gasteiger charge is 2.25. The van der Waals surface area contributed by atoms with Crippen LogP contribution in [-0.2, 0) is 4.79 Å². The number of carbonyl (C=O) groups is 2. The molecule has 4 rings (SSSR count).